The number of carbonyl (C=O) groups excluding carboxylic acids is 1. The highest BCUT2D eigenvalue weighted by atomic mass is 16.5. The van der Waals surface area contributed by atoms with Crippen molar-refractivity contribution in [1.29, 1.82) is 0 Å². The van der Waals surface area contributed by atoms with Gasteiger partial charge < -0.3 is 9.42 Å². The summed E-state index contributed by atoms with van der Waals surface area (Å²) in [4.78, 5) is 32.1. The zero-order chi connectivity index (χ0) is 22.2. The highest BCUT2D eigenvalue weighted by Gasteiger charge is 2.25. The molecule has 0 aliphatic carbocycles. The number of aryl methyl sites for hydroxylation is 1. The molecule has 1 saturated heterocycles. The number of piperidine rings is 1. The smallest absolute Gasteiger partial charge is 0.338 e. The van der Waals surface area contributed by atoms with Crippen LogP contribution in [-0.4, -0.2) is 47.7 Å². The molecule has 1 atom stereocenters. The summed E-state index contributed by atoms with van der Waals surface area (Å²) >= 11 is 0. The summed E-state index contributed by atoms with van der Waals surface area (Å²) in [6, 6.07) is 11.5. The molecule has 0 unspecified atom stereocenters. The van der Waals surface area contributed by atoms with Gasteiger partial charge in [0, 0.05) is 24.3 Å². The molecule has 32 heavy (non-hydrogen) atoms. The molecule has 1 aliphatic rings. The third kappa shape index (κ3) is 3.59. The Balaban J connectivity index is 1.47. The van der Waals surface area contributed by atoms with Crippen molar-refractivity contribution in [2.75, 3.05) is 6.54 Å². The molecule has 9 nitrogen and oxygen atoms in total. The van der Waals surface area contributed by atoms with E-state index >= 15 is 0 Å². The summed E-state index contributed by atoms with van der Waals surface area (Å²) in [5, 5.41) is 8.51. The van der Waals surface area contributed by atoms with E-state index in [4.69, 9.17) is 4.52 Å². The van der Waals surface area contributed by atoms with E-state index in [9.17, 15) is 9.59 Å². The van der Waals surface area contributed by atoms with Crippen molar-refractivity contribution in [1.82, 2.24) is 29.2 Å². The monoisotopic (exact) mass is 432 g/mol. The van der Waals surface area contributed by atoms with E-state index in [1.54, 1.807) is 18.3 Å². The van der Waals surface area contributed by atoms with Crippen LogP contribution in [0.1, 0.15) is 31.7 Å². The predicted octanol–water partition coefficient (Wildman–Crippen LogP) is 2.92. The standard InChI is InChI=1S/C23H24N6O3/c1-15-8-10-17(11-9-15)20-24-22(32-26-20)18-7-5-13-28-21(18)25-29(23(28)31)14-19(30)27-12-4-3-6-16(27)2/h5,7-11,13,16H,3-4,6,12,14H2,1-2H3/t16-/m1/s1. The van der Waals surface area contributed by atoms with Gasteiger partial charge in [-0.3, -0.25) is 4.79 Å². The molecule has 5 rings (SSSR count). The highest BCUT2D eigenvalue weighted by molar-refractivity contribution is 5.77. The van der Waals surface area contributed by atoms with Gasteiger partial charge in [0.25, 0.3) is 5.89 Å². The summed E-state index contributed by atoms with van der Waals surface area (Å²) < 4.78 is 8.09. The van der Waals surface area contributed by atoms with Gasteiger partial charge in [0.15, 0.2) is 5.65 Å². The van der Waals surface area contributed by atoms with Gasteiger partial charge in [-0.25, -0.2) is 13.9 Å². The zero-order valence-corrected chi connectivity index (χ0v) is 18.1. The Bertz CT molecular complexity index is 1330. The van der Waals surface area contributed by atoms with Gasteiger partial charge in [-0.2, -0.15) is 4.98 Å². The number of nitrogens with zero attached hydrogens (tertiary/aromatic N) is 6. The molecule has 4 aromatic rings. The Morgan fingerprint density at radius 3 is 2.78 bits per heavy atom. The first-order valence-corrected chi connectivity index (χ1v) is 10.8. The summed E-state index contributed by atoms with van der Waals surface area (Å²) in [5.74, 6) is 0.626. The van der Waals surface area contributed by atoms with Gasteiger partial charge in [-0.1, -0.05) is 35.0 Å². The van der Waals surface area contributed by atoms with Crippen molar-refractivity contribution >= 4 is 11.6 Å². The van der Waals surface area contributed by atoms with Crippen LogP contribution in [0.4, 0.5) is 0 Å². The number of hydrogen-bond donors (Lipinski definition) is 0. The van der Waals surface area contributed by atoms with Crippen LogP contribution in [0.15, 0.2) is 51.9 Å². The lowest BCUT2D eigenvalue weighted by Crippen LogP contribution is -2.44. The first-order valence-electron chi connectivity index (χ1n) is 10.8. The van der Waals surface area contributed by atoms with E-state index in [-0.39, 0.29) is 30.1 Å². The van der Waals surface area contributed by atoms with E-state index < -0.39 is 0 Å². The minimum Gasteiger partial charge on any atom is -0.338 e. The Morgan fingerprint density at radius 2 is 2.00 bits per heavy atom. The first kappa shape index (κ1) is 20.2. The molecule has 4 heterocycles. The van der Waals surface area contributed by atoms with Crippen LogP contribution in [0, 0.1) is 6.92 Å². The first-order chi connectivity index (χ1) is 15.5. The van der Waals surface area contributed by atoms with Crippen molar-refractivity contribution in [2.24, 2.45) is 0 Å². The molecule has 1 aliphatic heterocycles. The lowest BCUT2D eigenvalue weighted by molar-refractivity contribution is -0.135. The van der Waals surface area contributed by atoms with Crippen LogP contribution in [-0.2, 0) is 11.3 Å². The van der Waals surface area contributed by atoms with Crippen LogP contribution in [0.5, 0.6) is 0 Å². The molecule has 1 amide bonds. The maximum Gasteiger partial charge on any atom is 0.350 e. The molecule has 9 heteroatoms. The van der Waals surface area contributed by atoms with Crippen molar-refractivity contribution < 1.29 is 9.32 Å². The number of rotatable bonds is 4. The number of likely N-dealkylation sites (tertiary alicyclic amines) is 1. The summed E-state index contributed by atoms with van der Waals surface area (Å²) in [5.41, 5.74) is 2.50. The zero-order valence-electron chi connectivity index (χ0n) is 18.1. The minimum atomic E-state index is -0.377. The van der Waals surface area contributed by atoms with Crippen molar-refractivity contribution in [3.05, 3.63) is 58.6 Å². The van der Waals surface area contributed by atoms with E-state index in [0.717, 1.165) is 36.9 Å². The number of fused-ring (bicyclic) bond motifs is 1. The molecular weight excluding hydrogens is 408 g/mol. The van der Waals surface area contributed by atoms with Crippen molar-refractivity contribution in [3.63, 3.8) is 0 Å². The normalized spacial score (nSPS) is 16.6. The molecule has 1 fully saturated rings. The number of carbonyl (C=O) groups is 1. The SMILES string of the molecule is Cc1ccc(-c2noc(-c3cccn4c(=O)n(CC(=O)N5CCCC[C@H]5C)nc34)n2)cc1. The second kappa shape index (κ2) is 8.07. The second-order valence-corrected chi connectivity index (χ2v) is 8.28. The molecule has 0 N–H and O–H groups in total. The highest BCUT2D eigenvalue weighted by Crippen LogP contribution is 2.25. The fraction of sp³-hybridized carbons (Fsp3) is 0.348. The number of hydrogen-bond acceptors (Lipinski definition) is 6. The Hall–Kier alpha value is -3.75. The molecule has 164 valence electrons. The van der Waals surface area contributed by atoms with E-state index in [0.29, 0.717) is 17.0 Å². The van der Waals surface area contributed by atoms with Crippen LogP contribution < -0.4 is 5.69 Å². The van der Waals surface area contributed by atoms with Crippen molar-refractivity contribution in [2.45, 2.75) is 45.7 Å². The van der Waals surface area contributed by atoms with E-state index in [2.05, 4.69) is 15.2 Å². The molecule has 0 bridgehead atoms. The number of benzene rings is 1. The number of pyridine rings is 1. The maximum absolute atomic E-state index is 12.9. The lowest BCUT2D eigenvalue weighted by Gasteiger charge is -2.33. The average molecular weight is 432 g/mol. The number of aromatic nitrogens is 5. The molecule has 0 radical (unpaired) electrons. The maximum atomic E-state index is 12.9. The predicted molar refractivity (Wildman–Crippen MR) is 118 cm³/mol. The topological polar surface area (TPSA) is 98.5 Å². The second-order valence-electron chi connectivity index (χ2n) is 8.28. The summed E-state index contributed by atoms with van der Waals surface area (Å²) in [6.07, 6.45) is 4.71. The fourth-order valence-corrected chi connectivity index (χ4v) is 4.15. The van der Waals surface area contributed by atoms with Gasteiger partial charge in [0.05, 0.1) is 5.56 Å². The Morgan fingerprint density at radius 1 is 1.19 bits per heavy atom. The molecule has 3 aromatic heterocycles. The van der Waals surface area contributed by atoms with Gasteiger partial charge in [-0.15, -0.1) is 5.10 Å². The van der Waals surface area contributed by atoms with Crippen LogP contribution in [0.3, 0.4) is 0 Å². The van der Waals surface area contributed by atoms with E-state index in [1.165, 1.54) is 9.08 Å². The van der Waals surface area contributed by atoms with Gasteiger partial charge in [0.2, 0.25) is 11.7 Å². The van der Waals surface area contributed by atoms with Gasteiger partial charge >= 0.3 is 5.69 Å². The molecular formula is C23H24N6O3. The lowest BCUT2D eigenvalue weighted by atomic mass is 10.0. The quantitative estimate of drug-likeness (QED) is 0.492. The third-order valence-corrected chi connectivity index (χ3v) is 5.98. The summed E-state index contributed by atoms with van der Waals surface area (Å²) in [6.45, 7) is 4.68. The number of amides is 1. The Labute approximate surface area is 184 Å². The van der Waals surface area contributed by atoms with E-state index in [1.807, 2.05) is 43.0 Å². The molecule has 0 saturated carbocycles. The van der Waals surface area contributed by atoms with Gasteiger partial charge in [0.1, 0.15) is 6.54 Å². The van der Waals surface area contributed by atoms with Crippen LogP contribution in [0.25, 0.3) is 28.5 Å². The minimum absolute atomic E-state index is 0.0938. The fourth-order valence-electron chi connectivity index (χ4n) is 4.15. The van der Waals surface area contributed by atoms with Crippen LogP contribution in [0.2, 0.25) is 0 Å². The van der Waals surface area contributed by atoms with Crippen molar-refractivity contribution in [3.8, 4) is 22.8 Å². The Kier molecular flexibility index (Phi) is 5.08. The van der Waals surface area contributed by atoms with Gasteiger partial charge in [-0.05, 0) is 45.2 Å². The average Bonchev–Trinajstić information content (AvgIpc) is 3.40. The van der Waals surface area contributed by atoms with Crippen LogP contribution >= 0.6 is 0 Å². The third-order valence-electron chi connectivity index (χ3n) is 5.98. The largest absolute Gasteiger partial charge is 0.350 e. The summed E-state index contributed by atoms with van der Waals surface area (Å²) in [7, 11) is 0. The molecule has 1 aromatic carbocycles. The molecule has 0 spiro atoms.